The molecule has 0 spiro atoms. The molecule has 0 atom stereocenters. The van der Waals surface area contributed by atoms with Gasteiger partial charge in [0.15, 0.2) is 0 Å². The maximum atomic E-state index is 13.5. The topological polar surface area (TPSA) is 108 Å². The molecule has 0 aliphatic rings. The van der Waals surface area contributed by atoms with Gasteiger partial charge in [0, 0.05) is 0 Å². The largest absolute Gasteiger partial charge is 0.460 e. The second-order valence-corrected chi connectivity index (χ2v) is 6.16. The normalized spacial score (nSPS) is 11.1. The van der Waals surface area contributed by atoms with Gasteiger partial charge in [0.1, 0.15) is 28.8 Å². The minimum Gasteiger partial charge on any atom is -0.460 e. The Balaban J connectivity index is 1.49. The summed E-state index contributed by atoms with van der Waals surface area (Å²) in [5.74, 6) is -0.800. The molecule has 1 aromatic carbocycles. The molecule has 1 amide bonds. The number of hydrogen-bond acceptors (Lipinski definition) is 7. The molecule has 0 radical (unpaired) electrons. The molecule has 0 unspecified atom stereocenters. The number of halogens is 2. The second-order valence-electron chi connectivity index (χ2n) is 5.22. The van der Waals surface area contributed by atoms with Crippen LogP contribution >= 0.6 is 11.8 Å². The number of furan rings is 1. The predicted molar refractivity (Wildman–Crippen MR) is 96.8 cm³/mol. The number of nitrogens with zero attached hydrogens (tertiary/aromatic N) is 3. The zero-order chi connectivity index (χ0) is 19.2. The number of carbonyl (C=O) groups is 1. The number of aromatic amines is 1. The number of hydrogen-bond donors (Lipinski definition) is 3. The van der Waals surface area contributed by atoms with Gasteiger partial charge in [-0.1, -0.05) is 17.8 Å². The summed E-state index contributed by atoms with van der Waals surface area (Å²) in [7, 11) is 0. The highest BCUT2D eigenvalue weighted by Gasteiger charge is 2.13. The van der Waals surface area contributed by atoms with Crippen molar-refractivity contribution in [2.45, 2.75) is 12.1 Å². The standard InChI is InChI=1S/C16H14F2N6O2S/c1-9-5-6-10(26-9)7-19-22-15-21-16(24-23-15)27-8-13(25)20-14-11(17)3-2-4-12(14)18/h2-7H,8H2,1H3,(H,20,25)(H2,21,22,23,24)/b19-7+. The van der Waals surface area contributed by atoms with Gasteiger partial charge in [0.25, 0.3) is 0 Å². The first-order chi connectivity index (χ1) is 13.0. The third-order valence-corrected chi connectivity index (χ3v) is 4.00. The van der Waals surface area contributed by atoms with Gasteiger partial charge in [-0.3, -0.25) is 4.79 Å². The quantitative estimate of drug-likeness (QED) is 0.324. The number of para-hydroxylation sites is 1. The first-order valence-corrected chi connectivity index (χ1v) is 8.64. The Labute approximate surface area is 156 Å². The van der Waals surface area contributed by atoms with Gasteiger partial charge in [-0.15, -0.1) is 5.10 Å². The summed E-state index contributed by atoms with van der Waals surface area (Å²) >= 11 is 0.993. The minimum atomic E-state index is -0.845. The molecule has 2 heterocycles. The van der Waals surface area contributed by atoms with Gasteiger partial charge < -0.3 is 9.73 Å². The van der Waals surface area contributed by atoms with Crippen LogP contribution in [0.3, 0.4) is 0 Å². The molecule has 27 heavy (non-hydrogen) atoms. The smallest absolute Gasteiger partial charge is 0.240 e. The van der Waals surface area contributed by atoms with Gasteiger partial charge in [0.05, 0.1) is 12.0 Å². The average molecular weight is 392 g/mol. The van der Waals surface area contributed by atoms with Crippen LogP contribution in [0.1, 0.15) is 11.5 Å². The van der Waals surface area contributed by atoms with Crippen molar-refractivity contribution >= 4 is 35.5 Å². The van der Waals surface area contributed by atoms with Crippen LogP contribution in [-0.2, 0) is 4.79 Å². The zero-order valence-corrected chi connectivity index (χ0v) is 14.8. The minimum absolute atomic E-state index is 0.125. The fraction of sp³-hybridized carbons (Fsp3) is 0.125. The molecule has 3 N–H and O–H groups in total. The molecule has 0 saturated carbocycles. The molecular weight excluding hydrogens is 378 g/mol. The van der Waals surface area contributed by atoms with Crippen LogP contribution in [0.5, 0.6) is 0 Å². The number of rotatable bonds is 7. The van der Waals surface area contributed by atoms with Crippen LogP contribution in [0.2, 0.25) is 0 Å². The molecule has 0 aliphatic carbocycles. The summed E-state index contributed by atoms with van der Waals surface area (Å²) in [5.41, 5.74) is 2.15. The summed E-state index contributed by atoms with van der Waals surface area (Å²) < 4.78 is 32.3. The number of anilines is 2. The summed E-state index contributed by atoms with van der Waals surface area (Å²) in [4.78, 5) is 15.9. The summed E-state index contributed by atoms with van der Waals surface area (Å²) in [6, 6.07) is 6.90. The number of benzene rings is 1. The molecule has 0 aliphatic heterocycles. The van der Waals surface area contributed by atoms with Gasteiger partial charge >= 0.3 is 0 Å². The van der Waals surface area contributed by atoms with E-state index in [0.29, 0.717) is 5.76 Å². The Morgan fingerprint density at radius 3 is 2.81 bits per heavy atom. The molecule has 0 bridgehead atoms. The van der Waals surface area contributed by atoms with E-state index in [4.69, 9.17) is 4.42 Å². The average Bonchev–Trinajstić information content (AvgIpc) is 3.25. The number of aryl methyl sites for hydroxylation is 1. The highest BCUT2D eigenvalue weighted by Crippen LogP contribution is 2.19. The van der Waals surface area contributed by atoms with Crippen molar-refractivity contribution in [1.29, 1.82) is 0 Å². The Kier molecular flexibility index (Phi) is 5.81. The fourth-order valence-electron chi connectivity index (χ4n) is 1.96. The number of amides is 1. The molecule has 8 nitrogen and oxygen atoms in total. The molecule has 140 valence electrons. The number of aromatic nitrogens is 3. The van der Waals surface area contributed by atoms with E-state index in [9.17, 15) is 13.6 Å². The van der Waals surface area contributed by atoms with Crippen molar-refractivity contribution in [3.8, 4) is 0 Å². The maximum Gasteiger partial charge on any atom is 0.240 e. The van der Waals surface area contributed by atoms with E-state index >= 15 is 0 Å². The third-order valence-electron chi connectivity index (χ3n) is 3.15. The summed E-state index contributed by atoms with van der Waals surface area (Å²) in [5, 5.41) is 12.9. The van der Waals surface area contributed by atoms with E-state index in [1.54, 1.807) is 6.07 Å². The second kappa shape index (κ2) is 8.45. The highest BCUT2D eigenvalue weighted by molar-refractivity contribution is 7.99. The van der Waals surface area contributed by atoms with E-state index in [2.05, 4.69) is 31.0 Å². The molecule has 3 aromatic rings. The lowest BCUT2D eigenvalue weighted by atomic mass is 10.3. The molecule has 2 aromatic heterocycles. The lowest BCUT2D eigenvalue weighted by Gasteiger charge is -2.06. The van der Waals surface area contributed by atoms with Crippen LogP contribution in [0.25, 0.3) is 0 Å². The van der Waals surface area contributed by atoms with Gasteiger partial charge in [-0.2, -0.15) is 10.1 Å². The van der Waals surface area contributed by atoms with Gasteiger partial charge in [-0.25, -0.2) is 19.3 Å². The number of carbonyl (C=O) groups excluding carboxylic acids is 1. The van der Waals surface area contributed by atoms with Crippen molar-refractivity contribution < 1.29 is 18.0 Å². The molecule has 11 heteroatoms. The maximum absolute atomic E-state index is 13.5. The summed E-state index contributed by atoms with van der Waals surface area (Å²) in [6.07, 6.45) is 1.47. The van der Waals surface area contributed by atoms with Crippen LogP contribution in [0.15, 0.2) is 45.0 Å². The highest BCUT2D eigenvalue weighted by atomic mass is 32.2. The molecular formula is C16H14F2N6O2S. The molecule has 3 rings (SSSR count). The monoisotopic (exact) mass is 392 g/mol. The van der Waals surface area contributed by atoms with E-state index in [0.717, 1.165) is 29.7 Å². The zero-order valence-electron chi connectivity index (χ0n) is 14.0. The third kappa shape index (κ3) is 5.14. The Morgan fingerprint density at radius 1 is 1.33 bits per heavy atom. The predicted octanol–water partition coefficient (Wildman–Crippen LogP) is 3.16. The van der Waals surface area contributed by atoms with Crippen molar-refractivity contribution in [2.75, 3.05) is 16.5 Å². The first kappa shape index (κ1) is 18.6. The number of H-pyrrole nitrogens is 1. The Hall–Kier alpha value is -3.21. The van der Waals surface area contributed by atoms with Crippen molar-refractivity contribution in [3.63, 3.8) is 0 Å². The van der Waals surface area contributed by atoms with E-state index < -0.39 is 23.2 Å². The van der Waals surface area contributed by atoms with Crippen LogP contribution in [0, 0.1) is 18.6 Å². The van der Waals surface area contributed by atoms with Gasteiger partial charge in [-0.05, 0) is 31.2 Å². The lowest BCUT2D eigenvalue weighted by molar-refractivity contribution is -0.113. The van der Waals surface area contributed by atoms with Crippen LogP contribution in [-0.4, -0.2) is 33.1 Å². The lowest BCUT2D eigenvalue weighted by Crippen LogP contribution is -2.16. The van der Waals surface area contributed by atoms with Gasteiger partial charge in [0.2, 0.25) is 17.0 Å². The van der Waals surface area contributed by atoms with Crippen molar-refractivity contribution in [2.24, 2.45) is 5.10 Å². The van der Waals surface area contributed by atoms with E-state index in [-0.39, 0.29) is 16.9 Å². The van der Waals surface area contributed by atoms with E-state index in [1.807, 2.05) is 13.0 Å². The SMILES string of the molecule is Cc1ccc(/C=N/Nc2nc(SCC(=O)Nc3c(F)cccc3F)n[nH]2)o1. The number of thioether (sulfide) groups is 1. The Bertz CT molecular complexity index is 951. The van der Waals surface area contributed by atoms with Crippen LogP contribution in [0.4, 0.5) is 20.4 Å². The van der Waals surface area contributed by atoms with Crippen LogP contribution < -0.4 is 10.7 Å². The number of hydrazone groups is 1. The number of nitrogens with one attached hydrogen (secondary N) is 3. The fourth-order valence-corrected chi connectivity index (χ4v) is 2.56. The van der Waals surface area contributed by atoms with Crippen molar-refractivity contribution in [1.82, 2.24) is 15.2 Å². The molecule has 0 saturated heterocycles. The van der Waals surface area contributed by atoms with E-state index in [1.165, 1.54) is 12.3 Å². The first-order valence-electron chi connectivity index (χ1n) is 7.66. The Morgan fingerprint density at radius 2 is 2.11 bits per heavy atom. The van der Waals surface area contributed by atoms with Crippen molar-refractivity contribution in [3.05, 3.63) is 53.5 Å². The summed E-state index contributed by atoms with van der Waals surface area (Å²) in [6.45, 7) is 1.82. The molecule has 0 fully saturated rings.